The molecule has 0 atom stereocenters. The number of nitro groups is 2. The summed E-state index contributed by atoms with van der Waals surface area (Å²) in [4.78, 5) is 69.4. The molecule has 3 heterocycles. The van der Waals surface area contributed by atoms with Crippen LogP contribution in [0.2, 0.25) is 0 Å². The maximum Gasteiger partial charge on any atom is 0.458 e. The minimum Gasteiger partial charge on any atom is -0.457 e. The monoisotopic (exact) mass is 911 g/mol. The van der Waals surface area contributed by atoms with Gasteiger partial charge in [-0.1, -0.05) is 60.7 Å². The van der Waals surface area contributed by atoms with E-state index in [4.69, 9.17) is 9.47 Å². The normalized spacial score (nSPS) is 10.2. The number of benzene rings is 4. The smallest absolute Gasteiger partial charge is 0.457 e. The van der Waals surface area contributed by atoms with Crippen LogP contribution in [0.1, 0.15) is 26.5 Å². The minimum atomic E-state index is -5.10. The van der Waals surface area contributed by atoms with E-state index in [-0.39, 0.29) is 34.3 Å². The quantitative estimate of drug-likeness (QED) is 0.0275. The lowest BCUT2D eigenvalue weighted by Crippen LogP contribution is -2.30. The van der Waals surface area contributed by atoms with Crippen molar-refractivity contribution >= 4 is 40.6 Å². The number of rotatable bonds is 13. The van der Waals surface area contributed by atoms with Gasteiger partial charge in [0.1, 0.15) is 45.8 Å². The van der Waals surface area contributed by atoms with Gasteiger partial charge in [-0.2, -0.15) is 13.2 Å². The summed E-state index contributed by atoms with van der Waals surface area (Å²) in [6, 6.07) is 32.1. The highest BCUT2D eigenvalue weighted by Gasteiger charge is 2.43. The predicted molar refractivity (Wildman–Crippen MR) is 238 cm³/mol. The van der Waals surface area contributed by atoms with Crippen LogP contribution in [0.3, 0.4) is 0 Å². The summed E-state index contributed by atoms with van der Waals surface area (Å²) in [5.41, 5.74) is 4.06. The van der Waals surface area contributed by atoms with Crippen molar-refractivity contribution in [1.29, 1.82) is 0 Å². The van der Waals surface area contributed by atoms with E-state index in [9.17, 15) is 47.8 Å². The number of carbonyl (C=O) groups is 3. The zero-order valence-electron chi connectivity index (χ0n) is 35.0. The van der Waals surface area contributed by atoms with E-state index in [1.54, 1.807) is 62.8 Å². The molecule has 0 saturated heterocycles. The first-order valence-electron chi connectivity index (χ1n) is 18.6. The molecular formula is C44H40F3N9O10. The van der Waals surface area contributed by atoms with Crippen LogP contribution in [0.4, 0.5) is 35.9 Å². The van der Waals surface area contributed by atoms with Gasteiger partial charge in [-0.05, 0) is 43.3 Å². The lowest BCUT2D eigenvalue weighted by Gasteiger charge is -2.08. The number of aromatic amines is 1. The van der Waals surface area contributed by atoms with Gasteiger partial charge in [-0.15, -0.1) is 0 Å². The van der Waals surface area contributed by atoms with Crippen LogP contribution in [-0.4, -0.2) is 73.4 Å². The van der Waals surface area contributed by atoms with E-state index in [1.165, 1.54) is 42.6 Å². The fourth-order valence-electron chi connectivity index (χ4n) is 5.62. The second-order valence-corrected chi connectivity index (χ2v) is 12.9. The van der Waals surface area contributed by atoms with Crippen LogP contribution in [0.25, 0.3) is 22.8 Å². The number of aldehydes is 1. The Morgan fingerprint density at radius 3 is 1.68 bits per heavy atom. The zero-order valence-corrected chi connectivity index (χ0v) is 35.0. The average molecular weight is 912 g/mol. The van der Waals surface area contributed by atoms with E-state index >= 15 is 0 Å². The largest absolute Gasteiger partial charge is 0.458 e. The van der Waals surface area contributed by atoms with Crippen molar-refractivity contribution in [3.05, 3.63) is 171 Å². The van der Waals surface area contributed by atoms with Crippen LogP contribution in [0.5, 0.6) is 23.0 Å². The molecule has 0 aliphatic carbocycles. The minimum absolute atomic E-state index is 0. The maximum atomic E-state index is 11.8. The molecule has 22 heteroatoms. The summed E-state index contributed by atoms with van der Waals surface area (Å²) in [5, 5.41) is 27.7. The number of carbonyl (C=O) groups excluding carboxylic acids is 3. The number of imidazole rings is 1. The van der Waals surface area contributed by atoms with E-state index in [0.717, 1.165) is 29.1 Å². The van der Waals surface area contributed by atoms with Crippen LogP contribution < -0.4 is 26.3 Å². The first-order chi connectivity index (χ1) is 30.6. The van der Waals surface area contributed by atoms with Crippen molar-refractivity contribution in [2.75, 3.05) is 24.7 Å². The molecule has 3 aromatic heterocycles. The second-order valence-electron chi connectivity index (χ2n) is 12.9. The van der Waals surface area contributed by atoms with E-state index < -0.39 is 27.6 Å². The van der Waals surface area contributed by atoms with Crippen molar-refractivity contribution in [1.82, 2.24) is 26.1 Å². The van der Waals surface area contributed by atoms with Crippen molar-refractivity contribution in [2.24, 2.45) is 0 Å². The molecule has 0 amide bonds. The Kier molecular flexibility index (Phi) is 18.3. The van der Waals surface area contributed by atoms with Crippen molar-refractivity contribution in [3.63, 3.8) is 0 Å². The van der Waals surface area contributed by atoms with Gasteiger partial charge in [0, 0.05) is 55.4 Å². The van der Waals surface area contributed by atoms with E-state index in [2.05, 4.69) is 30.6 Å². The van der Waals surface area contributed by atoms with Crippen molar-refractivity contribution < 1.29 is 52.4 Å². The molecule has 8 N–H and O–H groups in total. The zero-order chi connectivity index (χ0) is 46.4. The topological polar surface area (TPSA) is 301 Å². The number of hydrogen-bond acceptors (Lipinski definition) is 15. The molecule has 7 rings (SSSR count). The van der Waals surface area contributed by atoms with Crippen LogP contribution in [-0.2, 0) is 4.79 Å². The molecule has 7 aromatic rings. The Labute approximate surface area is 372 Å². The van der Waals surface area contributed by atoms with Gasteiger partial charge in [0.15, 0.2) is 12.1 Å². The fraction of sp³-hybridized carbons (Fsp3) is 0.0909. The Bertz CT molecular complexity index is 2790. The van der Waals surface area contributed by atoms with Gasteiger partial charge in [0.25, 0.3) is 11.4 Å². The third kappa shape index (κ3) is 13.6. The highest BCUT2D eigenvalue weighted by atomic mass is 19.4. The van der Waals surface area contributed by atoms with Gasteiger partial charge in [-0.25, -0.2) is 4.98 Å². The van der Waals surface area contributed by atoms with Crippen LogP contribution >= 0.6 is 0 Å². The highest BCUT2D eigenvalue weighted by molar-refractivity contribution is 6.45. The molecule has 66 heavy (non-hydrogen) atoms. The molecule has 4 aromatic carbocycles. The number of ketones is 2. The van der Waals surface area contributed by atoms with Gasteiger partial charge < -0.3 is 36.7 Å². The van der Waals surface area contributed by atoms with Gasteiger partial charge in [0.05, 0.1) is 27.7 Å². The lowest BCUT2D eigenvalue weighted by atomic mass is 10.1. The molecule has 0 unspecified atom stereocenters. The van der Waals surface area contributed by atoms with Crippen LogP contribution in [0.15, 0.2) is 134 Å². The summed E-state index contributed by atoms with van der Waals surface area (Å²) >= 11 is 0. The third-order valence-corrected chi connectivity index (χ3v) is 8.62. The summed E-state index contributed by atoms with van der Waals surface area (Å²) < 4.78 is 46.8. The lowest BCUT2D eigenvalue weighted by molar-refractivity contribution is -0.384. The SMILES string of the molecule is CNc1ccc(Oc2ccnc(-c3nc(-c4ccccc4)c(C)[nH]3)c2)cc1[N+](=O)[O-].CNc1ccc(Oc2ccnc(C=O)c2)cc1[N+](=O)[O-].N.O.O=C(C(=O)C(F)(F)F)c1ccccc1. The van der Waals surface area contributed by atoms with Gasteiger partial charge in [0.2, 0.25) is 5.78 Å². The number of nitro benzene ring substituents is 2. The van der Waals surface area contributed by atoms with Crippen LogP contribution in [0, 0.1) is 27.2 Å². The first kappa shape index (κ1) is 51.5. The van der Waals surface area contributed by atoms with Gasteiger partial charge >= 0.3 is 12.0 Å². The summed E-state index contributed by atoms with van der Waals surface area (Å²) in [7, 11) is 3.23. The number of Topliss-reactive ketones (excluding diaryl/α,β-unsaturated/α-hetero) is 2. The molecule has 0 spiro atoms. The van der Waals surface area contributed by atoms with E-state index in [1.807, 2.05) is 37.3 Å². The molecule has 0 saturated carbocycles. The first-order valence-corrected chi connectivity index (χ1v) is 18.6. The molecule has 0 radical (unpaired) electrons. The van der Waals surface area contributed by atoms with Crippen molar-refractivity contribution in [2.45, 2.75) is 13.1 Å². The molecule has 19 nitrogen and oxygen atoms in total. The summed E-state index contributed by atoms with van der Waals surface area (Å²) in [5.74, 6) is -1.71. The Hall–Kier alpha value is -8.89. The number of aryl methyl sites for hydroxylation is 1. The number of ether oxygens (including phenoxy) is 2. The van der Waals surface area contributed by atoms with E-state index in [0.29, 0.717) is 52.2 Å². The third-order valence-electron chi connectivity index (χ3n) is 8.62. The Balaban J connectivity index is 0.000000279. The number of alkyl halides is 3. The summed E-state index contributed by atoms with van der Waals surface area (Å²) in [6.07, 6.45) is -1.47. The molecule has 0 fully saturated rings. The number of halogens is 3. The fourth-order valence-corrected chi connectivity index (χ4v) is 5.62. The highest BCUT2D eigenvalue weighted by Crippen LogP contribution is 2.34. The molecule has 0 aliphatic heterocycles. The number of pyridine rings is 2. The average Bonchev–Trinajstić information content (AvgIpc) is 3.70. The van der Waals surface area contributed by atoms with Crippen molar-refractivity contribution in [3.8, 4) is 45.8 Å². The number of anilines is 2. The predicted octanol–water partition coefficient (Wildman–Crippen LogP) is 9.16. The Morgan fingerprint density at radius 1 is 0.712 bits per heavy atom. The number of hydrogen-bond donors (Lipinski definition) is 4. The summed E-state index contributed by atoms with van der Waals surface area (Å²) in [6.45, 7) is 1.96. The van der Waals surface area contributed by atoms with Gasteiger partial charge in [-0.3, -0.25) is 44.6 Å². The molecule has 342 valence electrons. The second kappa shape index (κ2) is 23.5. The number of aromatic nitrogens is 4. The number of nitrogens with zero attached hydrogens (tertiary/aromatic N) is 5. The molecule has 0 aliphatic rings. The molecular weight excluding hydrogens is 872 g/mol. The number of H-pyrrole nitrogens is 1. The standard InChI is InChI=1S/C22H19N5O3.C13H11N3O4.C9H5F3O2.H3N.H2O/c1-14-21(15-6-4-3-5-7-15)26-22(25-14)19-12-17(10-11-24-19)30-16-8-9-18(23-2)20(13-16)27(28)29;1-14-12-3-2-10(7-13(12)16(18)19)20-11-4-5-15-9(6-11)8-17;10-9(11,12)8(14)7(13)6-4-2-1-3-5-6;;/h3-13,23H,1-2H3,(H,25,26);2-8,14H,1H3;1-5H;1H3;1H2. The number of nitrogens with one attached hydrogen (secondary N) is 3. The Morgan fingerprint density at radius 2 is 1.20 bits per heavy atom. The maximum absolute atomic E-state index is 11.8. The molecule has 0 bridgehead atoms.